The van der Waals surface area contributed by atoms with Gasteiger partial charge in [0.25, 0.3) is 5.91 Å². The molecule has 7 nitrogen and oxygen atoms in total. The van der Waals surface area contributed by atoms with Gasteiger partial charge >= 0.3 is 0 Å². The molecule has 2 atom stereocenters. The van der Waals surface area contributed by atoms with E-state index in [0.29, 0.717) is 42.1 Å². The van der Waals surface area contributed by atoms with Gasteiger partial charge < -0.3 is 19.3 Å². The summed E-state index contributed by atoms with van der Waals surface area (Å²) in [6, 6.07) is 7.57. The molecule has 2 aromatic rings. The zero-order chi connectivity index (χ0) is 18.4. The Morgan fingerprint density at radius 3 is 2.63 bits per heavy atom. The van der Waals surface area contributed by atoms with Crippen LogP contribution in [0.4, 0.5) is 5.82 Å². The second-order valence-electron chi connectivity index (χ2n) is 7.48. The highest BCUT2D eigenvalue weighted by Crippen LogP contribution is 2.37. The Morgan fingerprint density at radius 1 is 1.07 bits per heavy atom. The van der Waals surface area contributed by atoms with Gasteiger partial charge in [0, 0.05) is 49.8 Å². The fraction of sp³-hybridized carbons (Fsp3) is 0.450. The summed E-state index contributed by atoms with van der Waals surface area (Å²) in [5, 5.41) is 0. The summed E-state index contributed by atoms with van der Waals surface area (Å²) in [6.07, 6.45) is 1.62. The largest absolute Gasteiger partial charge is 0.486 e. The maximum atomic E-state index is 13.1. The molecule has 27 heavy (non-hydrogen) atoms. The van der Waals surface area contributed by atoms with Crippen molar-refractivity contribution < 1.29 is 14.3 Å². The minimum Gasteiger partial charge on any atom is -0.486 e. The minimum absolute atomic E-state index is 0.0381. The number of fused-ring (bicyclic) bond motifs is 2. The lowest BCUT2D eigenvalue weighted by atomic mass is 10.0. The first-order chi connectivity index (χ1) is 13.2. The third-order valence-electron chi connectivity index (χ3n) is 5.68. The molecule has 1 aromatic heterocycles. The third-order valence-corrected chi connectivity index (χ3v) is 5.68. The van der Waals surface area contributed by atoms with Gasteiger partial charge in [0.15, 0.2) is 11.5 Å². The number of anilines is 1. The second kappa shape index (κ2) is 6.40. The van der Waals surface area contributed by atoms with Gasteiger partial charge in [0.05, 0.1) is 5.56 Å². The van der Waals surface area contributed by atoms with Crippen LogP contribution in [0.1, 0.15) is 16.1 Å². The predicted molar refractivity (Wildman–Crippen MR) is 99.3 cm³/mol. The number of benzene rings is 1. The predicted octanol–water partition coefficient (Wildman–Crippen LogP) is 1.76. The molecule has 2 fully saturated rings. The molecule has 1 amide bonds. The van der Waals surface area contributed by atoms with Crippen molar-refractivity contribution in [3.63, 3.8) is 0 Å². The molecule has 0 saturated carbocycles. The number of aromatic nitrogens is 2. The SMILES string of the molecule is Cc1cc(N2CC3CN(C(=O)c4cccc5c4OCCO5)CC3C2)ncn1. The van der Waals surface area contributed by atoms with E-state index >= 15 is 0 Å². The highest BCUT2D eigenvalue weighted by Gasteiger charge is 2.42. The first-order valence-corrected chi connectivity index (χ1v) is 9.40. The Hall–Kier alpha value is -2.83. The van der Waals surface area contributed by atoms with E-state index in [1.807, 2.05) is 36.1 Å². The average Bonchev–Trinajstić information content (AvgIpc) is 3.26. The lowest BCUT2D eigenvalue weighted by molar-refractivity contribution is 0.0772. The number of ether oxygens (including phenoxy) is 2. The summed E-state index contributed by atoms with van der Waals surface area (Å²) in [5.74, 6) is 3.22. The van der Waals surface area contributed by atoms with Crippen molar-refractivity contribution in [1.29, 1.82) is 0 Å². The quantitative estimate of drug-likeness (QED) is 0.807. The van der Waals surface area contributed by atoms with E-state index in [9.17, 15) is 4.79 Å². The molecular formula is C20H22N4O3. The summed E-state index contributed by atoms with van der Waals surface area (Å²) in [4.78, 5) is 26.0. The van der Waals surface area contributed by atoms with E-state index in [-0.39, 0.29) is 5.91 Å². The van der Waals surface area contributed by atoms with Gasteiger partial charge in [-0.15, -0.1) is 0 Å². The van der Waals surface area contributed by atoms with Crippen LogP contribution >= 0.6 is 0 Å². The molecule has 0 N–H and O–H groups in total. The van der Waals surface area contributed by atoms with Crippen molar-refractivity contribution >= 4 is 11.7 Å². The van der Waals surface area contributed by atoms with Gasteiger partial charge in [0.2, 0.25) is 0 Å². The summed E-state index contributed by atoms with van der Waals surface area (Å²) < 4.78 is 11.3. The van der Waals surface area contributed by atoms with Crippen LogP contribution in [0.2, 0.25) is 0 Å². The number of amides is 1. The van der Waals surface area contributed by atoms with Crippen LogP contribution in [-0.4, -0.2) is 60.2 Å². The highest BCUT2D eigenvalue weighted by atomic mass is 16.6. The molecular weight excluding hydrogens is 344 g/mol. The molecule has 7 heteroatoms. The van der Waals surface area contributed by atoms with Gasteiger partial charge in [-0.05, 0) is 19.1 Å². The molecule has 4 heterocycles. The Bertz CT molecular complexity index is 873. The van der Waals surface area contributed by atoms with E-state index in [0.717, 1.165) is 37.7 Å². The van der Waals surface area contributed by atoms with Crippen LogP contribution in [0, 0.1) is 18.8 Å². The number of likely N-dealkylation sites (tertiary alicyclic amines) is 1. The Morgan fingerprint density at radius 2 is 1.85 bits per heavy atom. The summed E-state index contributed by atoms with van der Waals surface area (Å²) in [5.41, 5.74) is 1.58. The minimum atomic E-state index is 0.0381. The molecule has 5 rings (SSSR count). The molecule has 0 radical (unpaired) electrons. The number of hydrogen-bond donors (Lipinski definition) is 0. The van der Waals surface area contributed by atoms with Crippen LogP contribution in [0.15, 0.2) is 30.6 Å². The van der Waals surface area contributed by atoms with Crippen LogP contribution in [-0.2, 0) is 0 Å². The van der Waals surface area contributed by atoms with Crippen molar-refractivity contribution in [1.82, 2.24) is 14.9 Å². The number of carbonyl (C=O) groups is 1. The standard InChI is InChI=1S/C20H22N4O3/c1-13-7-18(22-12-21-13)23-8-14-10-24(11-15(14)9-23)20(25)16-3-2-4-17-19(16)27-6-5-26-17/h2-4,7,12,14-15H,5-6,8-11H2,1H3. The third kappa shape index (κ3) is 2.87. The van der Waals surface area contributed by atoms with Crippen LogP contribution in [0.25, 0.3) is 0 Å². The molecule has 2 saturated heterocycles. The zero-order valence-corrected chi connectivity index (χ0v) is 15.3. The number of carbonyl (C=O) groups excluding carboxylic acids is 1. The van der Waals surface area contributed by atoms with Crippen LogP contribution < -0.4 is 14.4 Å². The molecule has 3 aliphatic heterocycles. The van der Waals surface area contributed by atoms with E-state index in [2.05, 4.69) is 14.9 Å². The molecule has 140 valence electrons. The van der Waals surface area contributed by atoms with E-state index in [1.165, 1.54) is 0 Å². The fourth-order valence-electron chi connectivity index (χ4n) is 4.37. The molecule has 3 aliphatic rings. The number of aryl methyl sites for hydroxylation is 1. The van der Waals surface area contributed by atoms with Gasteiger partial charge in [-0.1, -0.05) is 6.07 Å². The lowest BCUT2D eigenvalue weighted by Crippen LogP contribution is -2.34. The smallest absolute Gasteiger partial charge is 0.257 e. The maximum absolute atomic E-state index is 13.1. The van der Waals surface area contributed by atoms with Gasteiger partial charge in [0.1, 0.15) is 25.4 Å². The zero-order valence-electron chi connectivity index (χ0n) is 15.3. The van der Waals surface area contributed by atoms with Crippen molar-refractivity contribution in [3.8, 4) is 11.5 Å². The van der Waals surface area contributed by atoms with E-state index in [4.69, 9.17) is 9.47 Å². The number of hydrogen-bond acceptors (Lipinski definition) is 6. The maximum Gasteiger partial charge on any atom is 0.257 e. The highest BCUT2D eigenvalue weighted by molar-refractivity contribution is 5.98. The number of para-hydroxylation sites is 1. The van der Waals surface area contributed by atoms with Crippen molar-refractivity contribution in [3.05, 3.63) is 41.9 Å². The summed E-state index contributed by atoms with van der Waals surface area (Å²) in [6.45, 7) is 6.39. The normalized spacial score (nSPS) is 23.4. The summed E-state index contributed by atoms with van der Waals surface area (Å²) in [7, 11) is 0. The molecule has 0 aliphatic carbocycles. The summed E-state index contributed by atoms with van der Waals surface area (Å²) >= 11 is 0. The van der Waals surface area contributed by atoms with Crippen molar-refractivity contribution in [2.75, 3.05) is 44.3 Å². The molecule has 2 unspecified atom stereocenters. The Kier molecular flexibility index (Phi) is 3.88. The molecule has 1 aromatic carbocycles. The Labute approximate surface area is 157 Å². The fourth-order valence-corrected chi connectivity index (χ4v) is 4.37. The molecule has 0 bridgehead atoms. The van der Waals surface area contributed by atoms with Crippen LogP contribution in [0.5, 0.6) is 11.5 Å². The monoisotopic (exact) mass is 366 g/mol. The van der Waals surface area contributed by atoms with E-state index < -0.39 is 0 Å². The van der Waals surface area contributed by atoms with Crippen molar-refractivity contribution in [2.24, 2.45) is 11.8 Å². The Balaban J connectivity index is 1.30. The second-order valence-corrected chi connectivity index (χ2v) is 7.48. The first kappa shape index (κ1) is 16.4. The van der Waals surface area contributed by atoms with Gasteiger partial charge in [-0.3, -0.25) is 4.79 Å². The van der Waals surface area contributed by atoms with Crippen molar-refractivity contribution in [2.45, 2.75) is 6.92 Å². The first-order valence-electron chi connectivity index (χ1n) is 9.40. The average molecular weight is 366 g/mol. The van der Waals surface area contributed by atoms with Crippen LogP contribution in [0.3, 0.4) is 0 Å². The van der Waals surface area contributed by atoms with Gasteiger partial charge in [-0.25, -0.2) is 9.97 Å². The number of nitrogens with zero attached hydrogens (tertiary/aromatic N) is 4. The number of rotatable bonds is 2. The van der Waals surface area contributed by atoms with Gasteiger partial charge in [-0.2, -0.15) is 0 Å². The lowest BCUT2D eigenvalue weighted by Gasteiger charge is -2.25. The van der Waals surface area contributed by atoms with E-state index in [1.54, 1.807) is 6.33 Å². The topological polar surface area (TPSA) is 67.8 Å². The molecule has 0 spiro atoms.